The number of ether oxygens (including phenoxy) is 4. The number of rotatable bonds is 6. The number of phenolic OH excluding ortho intramolecular Hbond substituents is 3. The summed E-state index contributed by atoms with van der Waals surface area (Å²) < 4.78 is 27.0. The second-order valence-corrected chi connectivity index (χ2v) is 8.21. The molecule has 1 saturated heterocycles. The van der Waals surface area contributed by atoms with Gasteiger partial charge in [0.25, 0.3) is 0 Å². The zero-order valence-electron chi connectivity index (χ0n) is 19.5. The van der Waals surface area contributed by atoms with Gasteiger partial charge in [0.15, 0.2) is 29.5 Å². The van der Waals surface area contributed by atoms with E-state index in [2.05, 4.69) is 0 Å². The molecule has 0 aliphatic carbocycles. The molecular weight excluding hydrogens is 496 g/mol. The van der Waals surface area contributed by atoms with Gasteiger partial charge in [-0.3, -0.25) is 9.59 Å². The highest BCUT2D eigenvalue weighted by molar-refractivity contribution is 5.88. The largest absolute Gasteiger partial charge is 0.508 e. The summed E-state index contributed by atoms with van der Waals surface area (Å²) in [5, 5.41) is 60.5. The van der Waals surface area contributed by atoms with Crippen molar-refractivity contribution in [2.45, 2.75) is 37.6 Å². The molecule has 37 heavy (non-hydrogen) atoms. The molecule has 0 saturated carbocycles. The molecule has 0 radical (unpaired) electrons. The molecule has 5 atom stereocenters. The maximum Gasteiger partial charge on any atom is 0.303 e. The zero-order chi connectivity index (χ0) is 27.0. The highest BCUT2D eigenvalue weighted by Gasteiger charge is 2.48. The maximum atomic E-state index is 13.5. The van der Waals surface area contributed by atoms with E-state index in [1.165, 1.54) is 25.3 Å². The predicted octanol–water partition coefficient (Wildman–Crippen LogP) is 0.335. The monoisotopic (exact) mass is 520 g/mol. The summed E-state index contributed by atoms with van der Waals surface area (Å²) in [5.41, 5.74) is -1.01. The van der Waals surface area contributed by atoms with Crippen LogP contribution < -0.4 is 14.9 Å². The molecule has 4 rings (SSSR count). The first kappa shape index (κ1) is 26.0. The molecule has 2 aromatic carbocycles. The summed E-state index contributed by atoms with van der Waals surface area (Å²) >= 11 is 0. The lowest BCUT2D eigenvalue weighted by Crippen LogP contribution is -2.61. The van der Waals surface area contributed by atoms with Crippen LogP contribution in [0.1, 0.15) is 6.92 Å². The normalized spacial score (nSPS) is 23.5. The highest BCUT2D eigenvalue weighted by Crippen LogP contribution is 2.39. The molecule has 3 aromatic rings. The van der Waals surface area contributed by atoms with Crippen molar-refractivity contribution < 1.29 is 58.8 Å². The van der Waals surface area contributed by atoms with E-state index in [0.717, 1.165) is 19.1 Å². The Kier molecular flexibility index (Phi) is 7.14. The lowest BCUT2D eigenvalue weighted by atomic mass is 9.99. The Hall–Kier alpha value is -4.04. The molecular formula is C24H24O13. The molecule has 1 aromatic heterocycles. The van der Waals surface area contributed by atoms with Crippen molar-refractivity contribution in [2.75, 3.05) is 13.7 Å². The fourth-order valence-electron chi connectivity index (χ4n) is 3.98. The van der Waals surface area contributed by atoms with Crippen LogP contribution in [0.4, 0.5) is 0 Å². The van der Waals surface area contributed by atoms with Gasteiger partial charge < -0.3 is 54.0 Å². The standard InChI is InChI=1S/C24H24O13/c1-9(26)34-22-18(30)16(8-25)36-24(20(22)32)37-23-19(31)17-13(29)6-11(27)7-15(17)35-21(23)10-3-4-12(28)14(5-10)33-2/h3-7,16,18,20,22,24-25,27-30,32H,8H2,1-2H3/t16-,18-,20-,22+,24+/m1/s1. The summed E-state index contributed by atoms with van der Waals surface area (Å²) in [5.74, 6) is -2.93. The maximum absolute atomic E-state index is 13.5. The number of hydrogen-bond donors (Lipinski definition) is 6. The van der Waals surface area contributed by atoms with Crippen molar-refractivity contribution in [2.24, 2.45) is 0 Å². The van der Waals surface area contributed by atoms with E-state index in [9.17, 15) is 40.2 Å². The van der Waals surface area contributed by atoms with Gasteiger partial charge >= 0.3 is 5.97 Å². The van der Waals surface area contributed by atoms with Crippen LogP contribution in [0, 0.1) is 0 Å². The Morgan fingerprint density at radius 3 is 2.43 bits per heavy atom. The molecule has 13 heteroatoms. The third-order valence-electron chi connectivity index (χ3n) is 5.72. The minimum absolute atomic E-state index is 0.0114. The Bertz CT molecular complexity index is 1380. The van der Waals surface area contributed by atoms with Gasteiger partial charge in [-0.1, -0.05) is 0 Å². The van der Waals surface area contributed by atoms with Gasteiger partial charge in [-0.05, 0) is 18.2 Å². The van der Waals surface area contributed by atoms with Crippen molar-refractivity contribution in [3.8, 4) is 40.1 Å². The molecule has 6 N–H and O–H groups in total. The number of aliphatic hydroxyl groups is 3. The van der Waals surface area contributed by atoms with Gasteiger partial charge in [0.2, 0.25) is 17.5 Å². The van der Waals surface area contributed by atoms with Crippen LogP contribution in [-0.2, 0) is 14.3 Å². The van der Waals surface area contributed by atoms with Crippen molar-refractivity contribution in [1.29, 1.82) is 0 Å². The smallest absolute Gasteiger partial charge is 0.303 e. The van der Waals surface area contributed by atoms with Crippen LogP contribution in [-0.4, -0.2) is 81.0 Å². The molecule has 0 amide bonds. The fraction of sp³-hybridized carbons (Fsp3) is 0.333. The van der Waals surface area contributed by atoms with E-state index in [1.807, 2.05) is 0 Å². The third kappa shape index (κ3) is 4.84. The Morgan fingerprint density at radius 2 is 1.78 bits per heavy atom. The quantitative estimate of drug-likeness (QED) is 0.243. The lowest BCUT2D eigenvalue weighted by molar-refractivity contribution is -0.281. The Balaban J connectivity index is 1.89. The first-order valence-electron chi connectivity index (χ1n) is 10.9. The van der Waals surface area contributed by atoms with E-state index >= 15 is 0 Å². The number of carbonyl (C=O) groups is 1. The average molecular weight is 520 g/mol. The van der Waals surface area contributed by atoms with Gasteiger partial charge in [0, 0.05) is 24.6 Å². The molecule has 0 unspecified atom stereocenters. The molecule has 0 spiro atoms. The zero-order valence-corrected chi connectivity index (χ0v) is 19.5. The summed E-state index contributed by atoms with van der Waals surface area (Å²) in [6.07, 6.45) is -8.16. The van der Waals surface area contributed by atoms with Crippen LogP contribution in [0.2, 0.25) is 0 Å². The van der Waals surface area contributed by atoms with Crippen molar-refractivity contribution in [1.82, 2.24) is 0 Å². The highest BCUT2D eigenvalue weighted by atomic mass is 16.7. The van der Waals surface area contributed by atoms with Gasteiger partial charge in [0.1, 0.15) is 34.7 Å². The molecule has 1 aliphatic rings. The van der Waals surface area contributed by atoms with Crippen LogP contribution in [0.3, 0.4) is 0 Å². The number of hydrogen-bond acceptors (Lipinski definition) is 13. The second kappa shape index (κ2) is 10.1. The van der Waals surface area contributed by atoms with Crippen molar-refractivity contribution in [3.63, 3.8) is 0 Å². The molecule has 198 valence electrons. The second-order valence-electron chi connectivity index (χ2n) is 8.21. The number of aliphatic hydroxyl groups excluding tert-OH is 3. The molecule has 2 heterocycles. The first-order valence-corrected chi connectivity index (χ1v) is 10.9. The fourth-order valence-corrected chi connectivity index (χ4v) is 3.98. The topological polar surface area (TPSA) is 206 Å². The SMILES string of the molecule is COc1cc(-c2oc3cc(O)cc(O)c3c(=O)c2O[C@@H]2O[C@H](CO)[C@@H](O)[C@H](OC(C)=O)[C@H]2O)ccc1O. The number of esters is 1. The number of methoxy groups -OCH3 is 1. The third-order valence-corrected chi connectivity index (χ3v) is 5.72. The van der Waals surface area contributed by atoms with Gasteiger partial charge in [-0.2, -0.15) is 0 Å². The number of phenols is 3. The summed E-state index contributed by atoms with van der Waals surface area (Å²) in [6.45, 7) is 0.297. The minimum atomic E-state index is -1.83. The number of carbonyl (C=O) groups excluding carboxylic acids is 1. The number of benzene rings is 2. The number of fused-ring (bicyclic) bond motifs is 1. The summed E-state index contributed by atoms with van der Waals surface area (Å²) in [7, 11) is 1.30. The molecule has 13 nitrogen and oxygen atoms in total. The molecule has 1 aliphatic heterocycles. The van der Waals surface area contributed by atoms with E-state index in [4.69, 9.17) is 23.4 Å². The van der Waals surface area contributed by atoms with E-state index < -0.39 is 66.0 Å². The van der Waals surface area contributed by atoms with Gasteiger partial charge in [-0.25, -0.2) is 0 Å². The van der Waals surface area contributed by atoms with E-state index in [-0.39, 0.29) is 33.8 Å². The van der Waals surface area contributed by atoms with E-state index in [0.29, 0.717) is 0 Å². The molecule has 1 fully saturated rings. The Morgan fingerprint density at radius 1 is 1.05 bits per heavy atom. The van der Waals surface area contributed by atoms with Gasteiger partial charge in [0.05, 0.1) is 13.7 Å². The predicted molar refractivity (Wildman–Crippen MR) is 123 cm³/mol. The van der Waals surface area contributed by atoms with Crippen LogP contribution in [0.25, 0.3) is 22.3 Å². The van der Waals surface area contributed by atoms with Crippen molar-refractivity contribution in [3.05, 3.63) is 40.6 Å². The van der Waals surface area contributed by atoms with E-state index in [1.54, 1.807) is 0 Å². The van der Waals surface area contributed by atoms with Crippen LogP contribution in [0.15, 0.2) is 39.5 Å². The first-order chi connectivity index (χ1) is 17.5. The number of aromatic hydroxyl groups is 3. The van der Waals surface area contributed by atoms with Crippen LogP contribution in [0.5, 0.6) is 28.7 Å². The summed E-state index contributed by atoms with van der Waals surface area (Å²) in [6, 6.07) is 5.92. The molecule has 0 bridgehead atoms. The van der Waals surface area contributed by atoms with Crippen LogP contribution >= 0.6 is 0 Å². The van der Waals surface area contributed by atoms with Crippen molar-refractivity contribution >= 4 is 16.9 Å². The van der Waals surface area contributed by atoms with Gasteiger partial charge in [-0.15, -0.1) is 0 Å². The lowest BCUT2D eigenvalue weighted by Gasteiger charge is -2.41. The average Bonchev–Trinajstić information content (AvgIpc) is 2.84. The summed E-state index contributed by atoms with van der Waals surface area (Å²) in [4.78, 5) is 25.0. The Labute approximate surface area is 208 Å². The minimum Gasteiger partial charge on any atom is -0.508 e.